The Hall–Kier alpha value is -3.68. The average molecular weight is 423 g/mol. The molecule has 158 valence electrons. The van der Waals surface area contributed by atoms with Gasteiger partial charge in [-0.15, -0.1) is 0 Å². The highest BCUT2D eigenvalue weighted by atomic mass is 19.1. The summed E-state index contributed by atoms with van der Waals surface area (Å²) in [7, 11) is 0. The summed E-state index contributed by atoms with van der Waals surface area (Å²) in [5.41, 5.74) is 2.42. The van der Waals surface area contributed by atoms with Crippen LogP contribution >= 0.6 is 0 Å². The molecule has 31 heavy (non-hydrogen) atoms. The van der Waals surface area contributed by atoms with Gasteiger partial charge in [0.05, 0.1) is 42.1 Å². The Labute approximate surface area is 177 Å². The molecule has 3 aromatic rings. The number of carbonyl (C=O) groups is 2. The van der Waals surface area contributed by atoms with E-state index in [1.807, 2.05) is 12.1 Å². The first-order valence-corrected chi connectivity index (χ1v) is 9.82. The van der Waals surface area contributed by atoms with Gasteiger partial charge in [0.15, 0.2) is 5.82 Å². The lowest BCUT2D eigenvalue weighted by Crippen LogP contribution is -2.15. The summed E-state index contributed by atoms with van der Waals surface area (Å²) in [6.07, 6.45) is 0.428. The van der Waals surface area contributed by atoms with Gasteiger partial charge in [-0.2, -0.15) is 0 Å². The predicted octanol–water partition coefficient (Wildman–Crippen LogP) is 3.36. The summed E-state index contributed by atoms with van der Waals surface area (Å²) in [6.45, 7) is 2.24. The zero-order chi connectivity index (χ0) is 22.0. The molecule has 0 saturated carbocycles. The van der Waals surface area contributed by atoms with Crippen molar-refractivity contribution in [1.82, 2.24) is 15.3 Å². The fourth-order valence-electron chi connectivity index (χ4n) is 3.50. The first-order chi connectivity index (χ1) is 15.0. The lowest BCUT2D eigenvalue weighted by atomic mass is 10.0. The van der Waals surface area contributed by atoms with Crippen molar-refractivity contribution in [1.29, 1.82) is 0 Å². The second-order valence-electron chi connectivity index (χ2n) is 7.07. The third kappa shape index (κ3) is 4.28. The number of halogens is 2. The minimum atomic E-state index is -0.772. The van der Waals surface area contributed by atoms with Crippen molar-refractivity contribution in [3.8, 4) is 11.4 Å². The molecule has 1 aliphatic heterocycles. The minimum Gasteiger partial charge on any atom is -0.466 e. The monoisotopic (exact) mass is 423 g/mol. The van der Waals surface area contributed by atoms with E-state index in [2.05, 4.69) is 15.3 Å². The molecule has 0 unspecified atom stereocenters. The Bertz CT molecular complexity index is 1140. The number of aromatic nitrogens is 2. The van der Waals surface area contributed by atoms with E-state index in [4.69, 9.17) is 4.74 Å². The molecular formula is C23H19F2N3O3. The van der Waals surface area contributed by atoms with Crippen molar-refractivity contribution in [2.75, 3.05) is 6.61 Å². The van der Waals surface area contributed by atoms with Gasteiger partial charge >= 0.3 is 5.97 Å². The molecule has 8 heteroatoms. The number of esters is 1. The van der Waals surface area contributed by atoms with E-state index in [0.717, 1.165) is 23.3 Å². The van der Waals surface area contributed by atoms with Crippen LogP contribution in [-0.2, 0) is 28.9 Å². The Balaban J connectivity index is 1.67. The van der Waals surface area contributed by atoms with Crippen LogP contribution in [0, 0.1) is 11.6 Å². The highest BCUT2D eigenvalue weighted by Crippen LogP contribution is 2.27. The van der Waals surface area contributed by atoms with Crippen LogP contribution in [0.5, 0.6) is 0 Å². The van der Waals surface area contributed by atoms with E-state index >= 15 is 0 Å². The maximum Gasteiger partial charge on any atom is 0.310 e. The van der Waals surface area contributed by atoms with Gasteiger partial charge in [0, 0.05) is 6.42 Å². The van der Waals surface area contributed by atoms with Crippen LogP contribution in [0.4, 0.5) is 8.78 Å². The van der Waals surface area contributed by atoms with Crippen LogP contribution in [0.1, 0.15) is 39.8 Å². The van der Waals surface area contributed by atoms with Gasteiger partial charge in [0.1, 0.15) is 11.6 Å². The van der Waals surface area contributed by atoms with Gasteiger partial charge in [-0.3, -0.25) is 9.59 Å². The lowest BCUT2D eigenvalue weighted by Gasteiger charge is -2.11. The molecule has 2 heterocycles. The molecule has 0 aliphatic carbocycles. The Morgan fingerprint density at radius 1 is 1.03 bits per heavy atom. The number of nitrogens with one attached hydrogen (secondary N) is 1. The van der Waals surface area contributed by atoms with E-state index < -0.39 is 11.6 Å². The van der Waals surface area contributed by atoms with E-state index in [1.54, 1.807) is 19.1 Å². The highest BCUT2D eigenvalue weighted by molar-refractivity contribution is 5.99. The van der Waals surface area contributed by atoms with Gasteiger partial charge in [-0.25, -0.2) is 18.7 Å². The molecule has 0 atom stereocenters. The standard InChI is InChI=1S/C23H19F2N3O3/c1-2-31-19(29)11-14-8-6-13(7-9-14)10-17-21-18(12-26-23(21)30)28-22(27-17)20-15(24)4-3-5-16(20)25/h3-9H,2,10-12H2,1H3,(H,26,30). The molecule has 6 nitrogen and oxygen atoms in total. The largest absolute Gasteiger partial charge is 0.466 e. The number of nitrogens with zero attached hydrogens (tertiary/aromatic N) is 2. The quantitative estimate of drug-likeness (QED) is 0.615. The van der Waals surface area contributed by atoms with Crippen molar-refractivity contribution < 1.29 is 23.1 Å². The molecule has 1 amide bonds. The smallest absolute Gasteiger partial charge is 0.310 e. The number of amides is 1. The van der Waals surface area contributed by atoms with Crippen LogP contribution in [0.2, 0.25) is 0 Å². The Morgan fingerprint density at radius 2 is 1.71 bits per heavy atom. The van der Waals surface area contributed by atoms with Crippen molar-refractivity contribution in [2.45, 2.75) is 26.3 Å². The van der Waals surface area contributed by atoms with Crippen molar-refractivity contribution in [3.05, 3.63) is 82.2 Å². The average Bonchev–Trinajstić information content (AvgIpc) is 3.11. The predicted molar refractivity (Wildman–Crippen MR) is 108 cm³/mol. The summed E-state index contributed by atoms with van der Waals surface area (Å²) in [5, 5.41) is 2.68. The number of hydrogen-bond donors (Lipinski definition) is 1. The van der Waals surface area contributed by atoms with Gasteiger partial charge in [-0.05, 0) is 30.2 Å². The third-order valence-electron chi connectivity index (χ3n) is 4.94. The van der Waals surface area contributed by atoms with Crippen LogP contribution in [0.3, 0.4) is 0 Å². The SMILES string of the molecule is CCOC(=O)Cc1ccc(Cc2nc(-c3c(F)cccc3F)nc3c2C(=O)NC3)cc1. The molecule has 0 fully saturated rings. The van der Waals surface area contributed by atoms with Crippen molar-refractivity contribution in [2.24, 2.45) is 0 Å². The van der Waals surface area contributed by atoms with Crippen LogP contribution in [-0.4, -0.2) is 28.5 Å². The molecule has 0 saturated heterocycles. The fraction of sp³-hybridized carbons (Fsp3) is 0.217. The maximum atomic E-state index is 14.3. The molecule has 4 rings (SSSR count). The Morgan fingerprint density at radius 3 is 2.39 bits per heavy atom. The second-order valence-corrected chi connectivity index (χ2v) is 7.07. The van der Waals surface area contributed by atoms with Crippen molar-refractivity contribution >= 4 is 11.9 Å². The van der Waals surface area contributed by atoms with E-state index in [-0.39, 0.29) is 42.7 Å². The second kappa shape index (κ2) is 8.59. The molecule has 0 radical (unpaired) electrons. The summed E-state index contributed by atoms with van der Waals surface area (Å²) < 4.78 is 33.5. The van der Waals surface area contributed by atoms with E-state index in [0.29, 0.717) is 23.6 Å². The summed E-state index contributed by atoms with van der Waals surface area (Å²) >= 11 is 0. The minimum absolute atomic E-state index is 0.0974. The number of carbonyl (C=O) groups excluding carboxylic acids is 2. The molecule has 1 N–H and O–H groups in total. The first kappa shape index (κ1) is 20.6. The third-order valence-corrected chi connectivity index (χ3v) is 4.94. The summed E-state index contributed by atoms with van der Waals surface area (Å²) in [4.78, 5) is 32.5. The van der Waals surface area contributed by atoms with Gasteiger partial charge in [0.25, 0.3) is 5.91 Å². The lowest BCUT2D eigenvalue weighted by molar-refractivity contribution is -0.142. The van der Waals surface area contributed by atoms with Crippen LogP contribution < -0.4 is 5.32 Å². The van der Waals surface area contributed by atoms with Gasteiger partial charge in [-0.1, -0.05) is 30.3 Å². The number of rotatable bonds is 6. The molecule has 1 aromatic heterocycles. The summed E-state index contributed by atoms with van der Waals surface area (Å²) in [6, 6.07) is 10.8. The van der Waals surface area contributed by atoms with Crippen LogP contribution in [0.25, 0.3) is 11.4 Å². The van der Waals surface area contributed by atoms with Crippen molar-refractivity contribution in [3.63, 3.8) is 0 Å². The zero-order valence-electron chi connectivity index (χ0n) is 16.7. The van der Waals surface area contributed by atoms with Gasteiger partial charge < -0.3 is 10.1 Å². The molecule has 0 spiro atoms. The number of ether oxygens (including phenoxy) is 1. The number of fused-ring (bicyclic) bond motifs is 1. The fourth-order valence-corrected chi connectivity index (χ4v) is 3.50. The molecule has 2 aromatic carbocycles. The molecule has 1 aliphatic rings. The van der Waals surface area contributed by atoms with E-state index in [9.17, 15) is 18.4 Å². The van der Waals surface area contributed by atoms with Crippen LogP contribution in [0.15, 0.2) is 42.5 Å². The van der Waals surface area contributed by atoms with Gasteiger partial charge in [0.2, 0.25) is 0 Å². The number of hydrogen-bond acceptors (Lipinski definition) is 5. The maximum absolute atomic E-state index is 14.3. The molecular weight excluding hydrogens is 404 g/mol. The first-order valence-electron chi connectivity index (χ1n) is 9.82. The van der Waals surface area contributed by atoms with E-state index in [1.165, 1.54) is 6.07 Å². The normalized spacial score (nSPS) is 12.4. The number of benzene rings is 2. The summed E-state index contributed by atoms with van der Waals surface area (Å²) in [5.74, 6) is -2.26. The zero-order valence-corrected chi connectivity index (χ0v) is 16.7. The highest BCUT2D eigenvalue weighted by Gasteiger charge is 2.28. The molecule has 0 bridgehead atoms. The topological polar surface area (TPSA) is 81.2 Å². The Kier molecular flexibility index (Phi) is 5.70.